The van der Waals surface area contributed by atoms with E-state index in [0.717, 1.165) is 5.56 Å². The van der Waals surface area contributed by atoms with Crippen molar-refractivity contribution in [2.75, 3.05) is 11.5 Å². The molecule has 0 saturated heterocycles. The molecule has 0 aliphatic carbocycles. The standard InChI is InChI=1S/C29H23ClN2O4S/c1-3-36-22-15-9-18(10-16-22)24-23(26(34)29(35)32(24)21-13-11-20(30)12-14-21)25(33)27-17(2)31-28(37-27)19-7-5-4-6-8-19/h4-16,24,34H,3H2,1-2H3. The zero-order valence-corrected chi connectivity index (χ0v) is 21.7. The molecule has 5 rings (SSSR count). The lowest BCUT2D eigenvalue weighted by Crippen LogP contribution is -2.31. The maximum Gasteiger partial charge on any atom is 0.294 e. The van der Waals surface area contributed by atoms with Crippen LogP contribution in [0.25, 0.3) is 10.6 Å². The molecule has 2 heterocycles. The van der Waals surface area contributed by atoms with Crippen molar-refractivity contribution in [3.63, 3.8) is 0 Å². The van der Waals surface area contributed by atoms with Crippen LogP contribution in [-0.2, 0) is 4.79 Å². The number of anilines is 1. The number of benzene rings is 3. The first-order valence-electron chi connectivity index (χ1n) is 11.7. The van der Waals surface area contributed by atoms with Gasteiger partial charge in [-0.25, -0.2) is 4.98 Å². The molecule has 1 atom stereocenters. The van der Waals surface area contributed by atoms with Gasteiger partial charge in [-0.2, -0.15) is 0 Å². The molecule has 8 heteroatoms. The molecule has 1 aromatic heterocycles. The Bertz CT molecular complexity index is 1500. The van der Waals surface area contributed by atoms with Crippen LogP contribution in [0.1, 0.15) is 33.9 Å². The maximum atomic E-state index is 14.0. The number of carbonyl (C=O) groups is 2. The van der Waals surface area contributed by atoms with E-state index in [-0.39, 0.29) is 5.57 Å². The van der Waals surface area contributed by atoms with Gasteiger partial charge in [-0.3, -0.25) is 14.5 Å². The number of aliphatic hydroxyl groups excluding tert-OH is 1. The summed E-state index contributed by atoms with van der Waals surface area (Å²) in [4.78, 5) is 33.8. The molecule has 1 amide bonds. The Balaban J connectivity index is 1.61. The fourth-order valence-electron chi connectivity index (χ4n) is 4.37. The van der Waals surface area contributed by atoms with Gasteiger partial charge in [-0.15, -0.1) is 11.3 Å². The van der Waals surface area contributed by atoms with E-state index in [1.54, 1.807) is 55.5 Å². The highest BCUT2D eigenvalue weighted by atomic mass is 35.5. The second kappa shape index (κ2) is 10.2. The number of rotatable bonds is 7. The molecule has 37 heavy (non-hydrogen) atoms. The predicted octanol–water partition coefficient (Wildman–Crippen LogP) is 6.95. The number of aryl methyl sites for hydroxylation is 1. The van der Waals surface area contributed by atoms with Gasteiger partial charge in [0.15, 0.2) is 5.76 Å². The molecule has 0 bridgehead atoms. The van der Waals surface area contributed by atoms with Gasteiger partial charge < -0.3 is 9.84 Å². The number of carbonyl (C=O) groups excluding carboxylic acids is 2. The van der Waals surface area contributed by atoms with Crippen molar-refractivity contribution in [2.45, 2.75) is 19.9 Å². The number of Topliss-reactive ketones (excluding diaryl/α,β-unsaturated/α-hetero) is 1. The number of aromatic nitrogens is 1. The molecule has 3 aromatic carbocycles. The van der Waals surface area contributed by atoms with Gasteiger partial charge in [0.1, 0.15) is 10.8 Å². The van der Waals surface area contributed by atoms with Gasteiger partial charge in [0.25, 0.3) is 5.91 Å². The van der Waals surface area contributed by atoms with Crippen LogP contribution in [0.15, 0.2) is 90.2 Å². The van der Waals surface area contributed by atoms with Gasteiger partial charge in [0.05, 0.1) is 28.8 Å². The van der Waals surface area contributed by atoms with Crippen LogP contribution in [0.3, 0.4) is 0 Å². The average molecular weight is 531 g/mol. The molecule has 1 aliphatic heterocycles. The summed E-state index contributed by atoms with van der Waals surface area (Å²) in [6, 6.07) is 22.6. The molecule has 0 spiro atoms. The normalized spacial score (nSPS) is 15.4. The second-order valence-electron chi connectivity index (χ2n) is 8.45. The summed E-state index contributed by atoms with van der Waals surface area (Å²) in [5.74, 6) is -0.998. The Labute approximate surface area is 223 Å². The van der Waals surface area contributed by atoms with Crippen LogP contribution in [0.4, 0.5) is 5.69 Å². The molecular formula is C29H23ClN2O4S. The fourth-order valence-corrected chi connectivity index (χ4v) is 5.52. The Morgan fingerprint density at radius 1 is 1.05 bits per heavy atom. The van der Waals surface area contributed by atoms with Gasteiger partial charge in [-0.05, 0) is 55.8 Å². The number of thiazole rings is 1. The number of aliphatic hydroxyl groups is 1. The third-order valence-electron chi connectivity index (χ3n) is 6.09. The van der Waals surface area contributed by atoms with Gasteiger partial charge >= 0.3 is 0 Å². The van der Waals surface area contributed by atoms with Crippen molar-refractivity contribution in [1.29, 1.82) is 0 Å². The van der Waals surface area contributed by atoms with Crippen LogP contribution in [-0.4, -0.2) is 28.4 Å². The third-order valence-corrected chi connectivity index (χ3v) is 7.55. The molecule has 4 aromatic rings. The summed E-state index contributed by atoms with van der Waals surface area (Å²) in [6.07, 6.45) is 0. The minimum Gasteiger partial charge on any atom is -0.503 e. The Morgan fingerprint density at radius 3 is 2.38 bits per heavy atom. The molecule has 6 nitrogen and oxygen atoms in total. The Kier molecular flexibility index (Phi) is 6.82. The quantitative estimate of drug-likeness (QED) is 0.261. The first-order valence-corrected chi connectivity index (χ1v) is 12.9. The zero-order valence-electron chi connectivity index (χ0n) is 20.1. The van der Waals surface area contributed by atoms with Crippen molar-refractivity contribution >= 4 is 40.3 Å². The maximum absolute atomic E-state index is 14.0. The molecule has 0 saturated carbocycles. The van der Waals surface area contributed by atoms with Crippen molar-refractivity contribution in [3.8, 4) is 16.3 Å². The average Bonchev–Trinajstić information content (AvgIpc) is 3.43. The van der Waals surface area contributed by atoms with E-state index in [0.29, 0.717) is 44.2 Å². The van der Waals surface area contributed by atoms with Crippen LogP contribution in [0, 0.1) is 6.92 Å². The van der Waals surface area contributed by atoms with E-state index in [1.165, 1.54) is 16.2 Å². The zero-order chi connectivity index (χ0) is 26.1. The minimum absolute atomic E-state index is 0.00970. The number of halogens is 1. The highest BCUT2D eigenvalue weighted by Crippen LogP contribution is 2.43. The van der Waals surface area contributed by atoms with Crippen LogP contribution < -0.4 is 9.64 Å². The number of hydrogen-bond donors (Lipinski definition) is 1. The minimum atomic E-state index is -0.849. The summed E-state index contributed by atoms with van der Waals surface area (Å²) >= 11 is 7.32. The van der Waals surface area contributed by atoms with Crippen molar-refractivity contribution in [2.24, 2.45) is 0 Å². The summed E-state index contributed by atoms with van der Waals surface area (Å²) in [5.41, 5.74) is 2.60. The van der Waals surface area contributed by atoms with Crippen LogP contribution in [0.2, 0.25) is 5.02 Å². The topological polar surface area (TPSA) is 79.7 Å². The lowest BCUT2D eigenvalue weighted by atomic mass is 9.94. The van der Waals surface area contributed by atoms with Gasteiger partial charge in [0.2, 0.25) is 5.78 Å². The monoisotopic (exact) mass is 530 g/mol. The van der Waals surface area contributed by atoms with E-state index < -0.39 is 23.5 Å². The van der Waals surface area contributed by atoms with E-state index >= 15 is 0 Å². The van der Waals surface area contributed by atoms with Crippen molar-refractivity contribution < 1.29 is 19.4 Å². The predicted molar refractivity (Wildman–Crippen MR) is 146 cm³/mol. The van der Waals surface area contributed by atoms with E-state index in [4.69, 9.17) is 16.3 Å². The summed E-state index contributed by atoms with van der Waals surface area (Å²) < 4.78 is 5.56. The first kappa shape index (κ1) is 24.7. The first-order chi connectivity index (χ1) is 17.9. The second-order valence-corrected chi connectivity index (χ2v) is 9.88. The third kappa shape index (κ3) is 4.63. The molecule has 186 valence electrons. The van der Waals surface area contributed by atoms with E-state index in [1.807, 2.05) is 37.3 Å². The molecule has 1 unspecified atom stereocenters. The molecular weight excluding hydrogens is 508 g/mol. The molecule has 0 radical (unpaired) electrons. The van der Waals surface area contributed by atoms with Crippen LogP contribution in [0.5, 0.6) is 5.75 Å². The molecule has 1 N–H and O–H groups in total. The Morgan fingerprint density at radius 2 is 1.73 bits per heavy atom. The SMILES string of the molecule is CCOc1ccc(C2C(C(=O)c3sc(-c4ccccc4)nc3C)=C(O)C(=O)N2c2ccc(Cl)cc2)cc1. The van der Waals surface area contributed by atoms with Gasteiger partial charge in [0, 0.05) is 16.3 Å². The fraction of sp³-hybridized carbons (Fsp3) is 0.138. The lowest BCUT2D eigenvalue weighted by Gasteiger charge is -2.27. The summed E-state index contributed by atoms with van der Waals surface area (Å²) in [5, 5.41) is 12.3. The number of hydrogen-bond acceptors (Lipinski definition) is 6. The number of ketones is 1. The largest absolute Gasteiger partial charge is 0.503 e. The van der Waals surface area contributed by atoms with Gasteiger partial charge in [-0.1, -0.05) is 54.1 Å². The van der Waals surface area contributed by atoms with E-state index in [9.17, 15) is 14.7 Å². The molecule has 1 aliphatic rings. The highest BCUT2D eigenvalue weighted by molar-refractivity contribution is 7.17. The number of amides is 1. The Hall–Kier alpha value is -3.94. The van der Waals surface area contributed by atoms with Crippen molar-refractivity contribution in [1.82, 2.24) is 4.98 Å². The highest BCUT2D eigenvalue weighted by Gasteiger charge is 2.45. The molecule has 0 fully saturated rings. The van der Waals surface area contributed by atoms with Crippen molar-refractivity contribution in [3.05, 3.63) is 111 Å². The lowest BCUT2D eigenvalue weighted by molar-refractivity contribution is -0.117. The summed E-state index contributed by atoms with van der Waals surface area (Å²) in [6.45, 7) is 4.16. The summed E-state index contributed by atoms with van der Waals surface area (Å²) in [7, 11) is 0. The smallest absolute Gasteiger partial charge is 0.294 e. The van der Waals surface area contributed by atoms with Crippen LogP contribution >= 0.6 is 22.9 Å². The van der Waals surface area contributed by atoms with E-state index in [2.05, 4.69) is 4.98 Å². The number of ether oxygens (including phenoxy) is 1. The number of nitrogens with zero attached hydrogens (tertiary/aromatic N) is 2.